The topological polar surface area (TPSA) is 64.6 Å². The molecule has 1 atom stereocenters. The molecule has 0 aliphatic carbocycles. The van der Waals surface area contributed by atoms with Gasteiger partial charge in [0.15, 0.2) is 11.5 Å². The smallest absolute Gasteiger partial charge is 0.241 e. The highest BCUT2D eigenvalue weighted by atomic mass is 32.2. The van der Waals surface area contributed by atoms with Crippen molar-refractivity contribution in [1.82, 2.24) is 4.72 Å². The molecule has 0 saturated heterocycles. The van der Waals surface area contributed by atoms with Crippen molar-refractivity contribution < 1.29 is 22.3 Å². The number of ether oxygens (including phenoxy) is 2. The lowest BCUT2D eigenvalue weighted by atomic mass is 10.1. The number of sulfonamides is 1. The summed E-state index contributed by atoms with van der Waals surface area (Å²) < 4.78 is 51.9. The van der Waals surface area contributed by atoms with Gasteiger partial charge in [0.05, 0.1) is 19.1 Å². The van der Waals surface area contributed by atoms with Gasteiger partial charge in [0.1, 0.15) is 5.82 Å². The number of methoxy groups -OCH3 is 2. The maximum Gasteiger partial charge on any atom is 0.241 e. The molecule has 0 aromatic heterocycles. The van der Waals surface area contributed by atoms with Crippen LogP contribution in [0.4, 0.5) is 4.39 Å². The van der Waals surface area contributed by atoms with Gasteiger partial charge in [-0.1, -0.05) is 24.8 Å². The average molecular weight is 365 g/mol. The predicted molar refractivity (Wildman–Crippen MR) is 94.8 cm³/mol. The first kappa shape index (κ1) is 19.0. The standard InChI is InChI=1S/C18H20FNO4S/c1-5-13-6-8-14(9-7-13)25(21,22)20-12(2)15-10-17(23-3)18(24-4)11-16(15)19/h5-12,20H,1H2,2-4H3. The third kappa shape index (κ3) is 4.18. The molecule has 2 aromatic rings. The van der Waals surface area contributed by atoms with Crippen LogP contribution in [-0.4, -0.2) is 22.6 Å². The summed E-state index contributed by atoms with van der Waals surface area (Å²) in [5.74, 6) is -0.0334. The summed E-state index contributed by atoms with van der Waals surface area (Å²) in [5, 5.41) is 0. The Morgan fingerprint density at radius 1 is 1.12 bits per heavy atom. The van der Waals surface area contributed by atoms with Crippen molar-refractivity contribution >= 4 is 16.1 Å². The van der Waals surface area contributed by atoms with Gasteiger partial charge in [-0.15, -0.1) is 0 Å². The molecule has 0 fully saturated rings. The molecule has 2 rings (SSSR count). The highest BCUT2D eigenvalue weighted by molar-refractivity contribution is 7.89. The number of nitrogens with one attached hydrogen (secondary N) is 1. The molecule has 0 bridgehead atoms. The van der Waals surface area contributed by atoms with Crippen LogP contribution in [-0.2, 0) is 10.0 Å². The Balaban J connectivity index is 2.31. The zero-order valence-corrected chi connectivity index (χ0v) is 15.1. The summed E-state index contributed by atoms with van der Waals surface area (Å²) in [7, 11) is -0.983. The number of benzene rings is 2. The van der Waals surface area contributed by atoms with Crippen LogP contribution in [0.25, 0.3) is 6.08 Å². The normalized spacial score (nSPS) is 12.5. The first-order valence-corrected chi connectivity index (χ1v) is 8.97. The van der Waals surface area contributed by atoms with E-state index in [0.29, 0.717) is 5.75 Å². The molecule has 2 aromatic carbocycles. The molecule has 0 saturated carbocycles. The molecular formula is C18H20FNO4S. The predicted octanol–water partition coefficient (Wildman–Crippen LogP) is 3.53. The van der Waals surface area contributed by atoms with E-state index in [0.717, 1.165) is 11.6 Å². The van der Waals surface area contributed by atoms with Crippen LogP contribution in [0.15, 0.2) is 47.9 Å². The zero-order chi connectivity index (χ0) is 18.6. The van der Waals surface area contributed by atoms with E-state index in [9.17, 15) is 12.8 Å². The van der Waals surface area contributed by atoms with Crippen molar-refractivity contribution in [3.8, 4) is 11.5 Å². The Kier molecular flexibility index (Phi) is 5.81. The van der Waals surface area contributed by atoms with Crippen LogP contribution in [0.2, 0.25) is 0 Å². The lowest BCUT2D eigenvalue weighted by molar-refractivity contribution is 0.351. The Hall–Kier alpha value is -2.38. The van der Waals surface area contributed by atoms with Gasteiger partial charge in [-0.05, 0) is 30.7 Å². The SMILES string of the molecule is C=Cc1ccc(S(=O)(=O)NC(C)c2cc(OC)c(OC)cc2F)cc1. The fourth-order valence-corrected chi connectivity index (χ4v) is 3.57. The molecule has 0 amide bonds. The molecule has 0 heterocycles. The number of rotatable bonds is 7. The second-order valence-electron chi connectivity index (χ2n) is 5.34. The van der Waals surface area contributed by atoms with Crippen LogP contribution in [0.3, 0.4) is 0 Å². The summed E-state index contributed by atoms with van der Waals surface area (Å²) in [4.78, 5) is 0.0887. The largest absolute Gasteiger partial charge is 0.493 e. The van der Waals surface area contributed by atoms with E-state index in [4.69, 9.17) is 9.47 Å². The molecule has 7 heteroatoms. The third-order valence-electron chi connectivity index (χ3n) is 3.73. The van der Waals surface area contributed by atoms with E-state index in [1.807, 2.05) is 0 Å². The Morgan fingerprint density at radius 2 is 1.68 bits per heavy atom. The minimum absolute atomic E-state index is 0.0887. The Bertz CT molecular complexity index is 863. The Labute approximate surface area is 147 Å². The van der Waals surface area contributed by atoms with Crippen molar-refractivity contribution in [3.63, 3.8) is 0 Å². The maximum absolute atomic E-state index is 14.3. The summed E-state index contributed by atoms with van der Waals surface area (Å²) in [6.07, 6.45) is 1.62. The van der Waals surface area contributed by atoms with Gasteiger partial charge in [-0.25, -0.2) is 17.5 Å². The molecule has 0 spiro atoms. The monoisotopic (exact) mass is 365 g/mol. The zero-order valence-electron chi connectivity index (χ0n) is 14.2. The van der Waals surface area contributed by atoms with E-state index >= 15 is 0 Å². The van der Waals surface area contributed by atoms with Gasteiger partial charge < -0.3 is 9.47 Å². The molecule has 0 aliphatic heterocycles. The third-order valence-corrected chi connectivity index (χ3v) is 5.28. The maximum atomic E-state index is 14.3. The number of halogens is 1. The van der Waals surface area contributed by atoms with Crippen LogP contribution in [0.5, 0.6) is 11.5 Å². The van der Waals surface area contributed by atoms with Crippen molar-refractivity contribution in [2.24, 2.45) is 0 Å². The van der Waals surface area contributed by atoms with Crippen LogP contribution in [0, 0.1) is 5.82 Å². The Morgan fingerprint density at radius 3 is 2.20 bits per heavy atom. The molecule has 5 nitrogen and oxygen atoms in total. The van der Waals surface area contributed by atoms with E-state index < -0.39 is 21.9 Å². The minimum atomic E-state index is -3.81. The molecule has 0 aliphatic rings. The van der Waals surface area contributed by atoms with Crippen molar-refractivity contribution in [3.05, 3.63) is 59.9 Å². The lowest BCUT2D eigenvalue weighted by Crippen LogP contribution is -2.27. The fourth-order valence-electron chi connectivity index (χ4n) is 2.35. The first-order valence-electron chi connectivity index (χ1n) is 7.48. The highest BCUT2D eigenvalue weighted by Crippen LogP contribution is 2.32. The second-order valence-corrected chi connectivity index (χ2v) is 7.06. The van der Waals surface area contributed by atoms with Crippen LogP contribution < -0.4 is 14.2 Å². The molecule has 1 unspecified atom stereocenters. The molecular weight excluding hydrogens is 345 g/mol. The lowest BCUT2D eigenvalue weighted by Gasteiger charge is -2.17. The number of hydrogen-bond donors (Lipinski definition) is 1. The van der Waals surface area contributed by atoms with Crippen molar-refractivity contribution in [1.29, 1.82) is 0 Å². The van der Waals surface area contributed by atoms with Gasteiger partial charge in [0, 0.05) is 17.7 Å². The summed E-state index contributed by atoms with van der Waals surface area (Å²) in [6.45, 7) is 5.18. The number of hydrogen-bond acceptors (Lipinski definition) is 4. The van der Waals surface area contributed by atoms with Crippen molar-refractivity contribution in [2.45, 2.75) is 17.9 Å². The summed E-state index contributed by atoms with van der Waals surface area (Å²) >= 11 is 0. The average Bonchev–Trinajstić information content (AvgIpc) is 2.60. The molecule has 25 heavy (non-hydrogen) atoms. The summed E-state index contributed by atoms with van der Waals surface area (Å²) in [5.41, 5.74) is 0.960. The fraction of sp³-hybridized carbons (Fsp3) is 0.222. The highest BCUT2D eigenvalue weighted by Gasteiger charge is 2.22. The second kappa shape index (κ2) is 7.67. The van der Waals surface area contributed by atoms with Gasteiger partial charge >= 0.3 is 0 Å². The van der Waals surface area contributed by atoms with E-state index in [1.165, 1.54) is 32.4 Å². The van der Waals surface area contributed by atoms with Gasteiger partial charge in [0.25, 0.3) is 0 Å². The van der Waals surface area contributed by atoms with E-state index in [1.54, 1.807) is 25.1 Å². The van der Waals surface area contributed by atoms with Crippen LogP contribution >= 0.6 is 0 Å². The van der Waals surface area contributed by atoms with E-state index in [2.05, 4.69) is 11.3 Å². The minimum Gasteiger partial charge on any atom is -0.493 e. The van der Waals surface area contributed by atoms with E-state index in [-0.39, 0.29) is 16.2 Å². The van der Waals surface area contributed by atoms with Gasteiger partial charge in [-0.3, -0.25) is 0 Å². The van der Waals surface area contributed by atoms with Crippen molar-refractivity contribution in [2.75, 3.05) is 14.2 Å². The molecule has 134 valence electrons. The summed E-state index contributed by atoms with van der Waals surface area (Å²) in [6, 6.07) is 8.00. The molecule has 0 radical (unpaired) electrons. The molecule has 1 N–H and O–H groups in total. The first-order chi connectivity index (χ1) is 11.8. The quantitative estimate of drug-likeness (QED) is 0.815. The van der Waals surface area contributed by atoms with Gasteiger partial charge in [0.2, 0.25) is 10.0 Å². The van der Waals surface area contributed by atoms with Gasteiger partial charge in [-0.2, -0.15) is 0 Å². The van der Waals surface area contributed by atoms with Crippen LogP contribution in [0.1, 0.15) is 24.1 Å².